The van der Waals surface area contributed by atoms with Crippen LogP contribution in [0.5, 0.6) is 0 Å². The molecule has 0 bridgehead atoms. The van der Waals surface area contributed by atoms with E-state index in [2.05, 4.69) is 17.4 Å². The van der Waals surface area contributed by atoms with Crippen LogP contribution in [0.3, 0.4) is 0 Å². The van der Waals surface area contributed by atoms with Crippen molar-refractivity contribution < 1.29 is 4.79 Å². The standard InChI is InChI=1S/C25H20ClN3O/c26-18-11-12-22-20(15-18)24(17-7-3-1-4-8-17)21-16-29(14-13-23(21)28-22)25(30)27-19-9-5-2-6-10-19/h1-12,15H,13-14,16H2,(H,27,30). The summed E-state index contributed by atoms with van der Waals surface area (Å²) in [4.78, 5) is 19.7. The van der Waals surface area contributed by atoms with Crippen LogP contribution in [0.15, 0.2) is 78.9 Å². The zero-order valence-electron chi connectivity index (χ0n) is 16.3. The monoisotopic (exact) mass is 413 g/mol. The molecule has 1 aliphatic rings. The molecule has 4 nitrogen and oxygen atoms in total. The fraction of sp³-hybridized carbons (Fsp3) is 0.120. The Hall–Kier alpha value is -3.37. The largest absolute Gasteiger partial charge is 0.322 e. The number of rotatable bonds is 2. The molecule has 0 unspecified atom stereocenters. The van der Waals surface area contributed by atoms with Gasteiger partial charge in [-0.1, -0.05) is 60.1 Å². The molecule has 1 N–H and O–H groups in total. The average molecular weight is 414 g/mol. The molecule has 2 amide bonds. The number of carbonyl (C=O) groups is 1. The van der Waals surface area contributed by atoms with Crippen LogP contribution in [0, 0.1) is 0 Å². The van der Waals surface area contributed by atoms with Gasteiger partial charge >= 0.3 is 6.03 Å². The van der Waals surface area contributed by atoms with Gasteiger partial charge in [0.2, 0.25) is 0 Å². The van der Waals surface area contributed by atoms with Gasteiger partial charge in [-0.3, -0.25) is 4.98 Å². The molecule has 0 saturated heterocycles. The van der Waals surface area contributed by atoms with E-state index in [1.165, 1.54) is 0 Å². The van der Waals surface area contributed by atoms with E-state index in [1.54, 1.807) is 0 Å². The predicted molar refractivity (Wildman–Crippen MR) is 122 cm³/mol. The van der Waals surface area contributed by atoms with Crippen molar-refractivity contribution in [2.24, 2.45) is 0 Å². The molecule has 0 fully saturated rings. The highest BCUT2D eigenvalue weighted by Gasteiger charge is 2.26. The van der Waals surface area contributed by atoms with Gasteiger partial charge in [-0.2, -0.15) is 0 Å². The second-order valence-corrected chi connectivity index (χ2v) is 7.84. The van der Waals surface area contributed by atoms with Gasteiger partial charge in [0.1, 0.15) is 0 Å². The fourth-order valence-corrected chi connectivity index (χ4v) is 4.22. The van der Waals surface area contributed by atoms with Crippen molar-refractivity contribution in [3.05, 3.63) is 95.1 Å². The normalized spacial score (nSPS) is 13.2. The van der Waals surface area contributed by atoms with Crippen molar-refractivity contribution in [2.45, 2.75) is 13.0 Å². The van der Waals surface area contributed by atoms with Crippen molar-refractivity contribution in [1.82, 2.24) is 9.88 Å². The number of aromatic nitrogens is 1. The van der Waals surface area contributed by atoms with E-state index in [1.807, 2.05) is 71.6 Å². The molecule has 4 aromatic rings. The fourth-order valence-electron chi connectivity index (χ4n) is 4.05. The molecule has 0 radical (unpaired) electrons. The highest BCUT2D eigenvalue weighted by atomic mass is 35.5. The van der Waals surface area contributed by atoms with E-state index in [4.69, 9.17) is 16.6 Å². The molecule has 5 rings (SSSR count). The Kier molecular flexibility index (Phi) is 4.85. The third-order valence-electron chi connectivity index (χ3n) is 5.48. The smallest absolute Gasteiger partial charge is 0.320 e. The van der Waals surface area contributed by atoms with Crippen molar-refractivity contribution in [1.29, 1.82) is 0 Å². The molecule has 1 aromatic heterocycles. The number of amides is 2. The maximum atomic E-state index is 12.9. The number of hydrogen-bond acceptors (Lipinski definition) is 2. The van der Waals surface area contributed by atoms with E-state index in [9.17, 15) is 4.79 Å². The molecule has 5 heteroatoms. The lowest BCUT2D eigenvalue weighted by Crippen LogP contribution is -2.39. The lowest BCUT2D eigenvalue weighted by atomic mass is 9.91. The molecule has 0 aliphatic carbocycles. The first kappa shape index (κ1) is 18.6. The van der Waals surface area contributed by atoms with Gasteiger partial charge in [0.15, 0.2) is 0 Å². The van der Waals surface area contributed by atoms with Crippen molar-refractivity contribution in [3.63, 3.8) is 0 Å². The first-order chi connectivity index (χ1) is 14.7. The first-order valence-electron chi connectivity index (χ1n) is 9.96. The minimum atomic E-state index is -0.1000. The zero-order valence-corrected chi connectivity index (χ0v) is 17.1. The van der Waals surface area contributed by atoms with E-state index < -0.39 is 0 Å². The third-order valence-corrected chi connectivity index (χ3v) is 5.71. The second kappa shape index (κ2) is 7.81. The Morgan fingerprint density at radius 2 is 1.70 bits per heavy atom. The molecule has 3 aromatic carbocycles. The SMILES string of the molecule is O=C(Nc1ccccc1)N1CCc2nc3ccc(Cl)cc3c(-c3ccccc3)c2C1. The number of halogens is 1. The molecule has 1 aliphatic heterocycles. The summed E-state index contributed by atoms with van der Waals surface area (Å²) < 4.78 is 0. The number of hydrogen-bond donors (Lipinski definition) is 1. The Balaban J connectivity index is 1.58. The number of fused-ring (bicyclic) bond motifs is 2. The maximum absolute atomic E-state index is 12.9. The summed E-state index contributed by atoms with van der Waals surface area (Å²) in [7, 11) is 0. The molecule has 0 atom stereocenters. The molecule has 148 valence electrons. The van der Waals surface area contributed by atoms with Gasteiger partial charge in [-0.25, -0.2) is 4.79 Å². The van der Waals surface area contributed by atoms with E-state index in [-0.39, 0.29) is 6.03 Å². The molecular weight excluding hydrogens is 394 g/mol. The van der Waals surface area contributed by atoms with Crippen molar-refractivity contribution >= 4 is 34.2 Å². The van der Waals surface area contributed by atoms with Gasteiger partial charge in [-0.05, 0) is 41.5 Å². The van der Waals surface area contributed by atoms with Crippen LogP contribution in [0.1, 0.15) is 11.3 Å². The van der Waals surface area contributed by atoms with Gasteiger partial charge in [0, 0.05) is 46.9 Å². The first-order valence-corrected chi connectivity index (χ1v) is 10.3. The minimum Gasteiger partial charge on any atom is -0.320 e. The van der Waals surface area contributed by atoms with Crippen LogP contribution in [0.4, 0.5) is 10.5 Å². The summed E-state index contributed by atoms with van der Waals surface area (Å²) in [6, 6.07) is 25.5. The maximum Gasteiger partial charge on any atom is 0.322 e. The zero-order chi connectivity index (χ0) is 20.5. The lowest BCUT2D eigenvalue weighted by Gasteiger charge is -2.30. The molecule has 0 saturated carbocycles. The molecule has 30 heavy (non-hydrogen) atoms. The van der Waals surface area contributed by atoms with Gasteiger partial charge in [-0.15, -0.1) is 0 Å². The molecular formula is C25H20ClN3O. The van der Waals surface area contributed by atoms with Gasteiger partial charge < -0.3 is 10.2 Å². The Morgan fingerprint density at radius 1 is 0.967 bits per heavy atom. The van der Waals surface area contributed by atoms with E-state index >= 15 is 0 Å². The number of pyridine rings is 1. The Morgan fingerprint density at radius 3 is 2.47 bits per heavy atom. The molecule has 0 spiro atoms. The van der Waals surface area contributed by atoms with Crippen molar-refractivity contribution in [2.75, 3.05) is 11.9 Å². The number of benzene rings is 3. The summed E-state index contributed by atoms with van der Waals surface area (Å²) in [5.41, 5.74) is 6.07. The Labute approximate surface area is 180 Å². The number of para-hydroxylation sites is 1. The van der Waals surface area contributed by atoms with Gasteiger partial charge in [0.05, 0.1) is 5.52 Å². The Bertz CT molecular complexity index is 1230. The van der Waals surface area contributed by atoms with Crippen LogP contribution in [0.2, 0.25) is 5.02 Å². The van der Waals surface area contributed by atoms with Crippen LogP contribution < -0.4 is 5.32 Å². The highest BCUT2D eigenvalue weighted by Crippen LogP contribution is 2.37. The summed E-state index contributed by atoms with van der Waals surface area (Å²) in [5.74, 6) is 0. The highest BCUT2D eigenvalue weighted by molar-refractivity contribution is 6.31. The second-order valence-electron chi connectivity index (χ2n) is 7.41. The van der Waals surface area contributed by atoms with Crippen LogP contribution in [-0.2, 0) is 13.0 Å². The average Bonchev–Trinajstić information content (AvgIpc) is 2.78. The lowest BCUT2D eigenvalue weighted by molar-refractivity contribution is 0.206. The van der Waals surface area contributed by atoms with E-state index in [0.29, 0.717) is 18.1 Å². The number of anilines is 1. The van der Waals surface area contributed by atoms with Crippen LogP contribution in [0.25, 0.3) is 22.0 Å². The topological polar surface area (TPSA) is 45.2 Å². The third kappa shape index (κ3) is 3.51. The summed E-state index contributed by atoms with van der Waals surface area (Å²) in [6.45, 7) is 1.14. The minimum absolute atomic E-state index is 0.1000. The summed E-state index contributed by atoms with van der Waals surface area (Å²) in [5, 5.41) is 4.68. The number of carbonyl (C=O) groups excluding carboxylic acids is 1. The number of nitrogens with one attached hydrogen (secondary N) is 1. The predicted octanol–water partition coefficient (Wildman–Crippen LogP) is 6.15. The number of urea groups is 1. The van der Waals surface area contributed by atoms with E-state index in [0.717, 1.165) is 45.4 Å². The quantitative estimate of drug-likeness (QED) is 0.428. The van der Waals surface area contributed by atoms with Gasteiger partial charge in [0.25, 0.3) is 0 Å². The summed E-state index contributed by atoms with van der Waals surface area (Å²) >= 11 is 6.33. The molecule has 2 heterocycles. The number of nitrogens with zero attached hydrogens (tertiary/aromatic N) is 2. The van der Waals surface area contributed by atoms with Crippen molar-refractivity contribution in [3.8, 4) is 11.1 Å². The van der Waals surface area contributed by atoms with Crippen LogP contribution >= 0.6 is 11.6 Å². The van der Waals surface area contributed by atoms with Crippen LogP contribution in [-0.4, -0.2) is 22.5 Å². The summed E-state index contributed by atoms with van der Waals surface area (Å²) in [6.07, 6.45) is 0.718.